The fourth-order valence-corrected chi connectivity index (χ4v) is 8.53. The average molecular weight is 640 g/mol. The number of hydrogen-bond donors (Lipinski definition) is 0. The summed E-state index contributed by atoms with van der Waals surface area (Å²) in [4.78, 5) is 10.5. The summed E-state index contributed by atoms with van der Waals surface area (Å²) in [6, 6.07) is 61.6. The van der Waals surface area contributed by atoms with Crippen LogP contribution in [0.25, 0.3) is 66.5 Å². The fourth-order valence-electron chi connectivity index (χ4n) is 8.53. The van der Waals surface area contributed by atoms with Crippen molar-refractivity contribution >= 4 is 32.7 Å². The summed E-state index contributed by atoms with van der Waals surface area (Å²) in [7, 11) is 0. The van der Waals surface area contributed by atoms with Crippen LogP contribution in [-0.2, 0) is 12.0 Å². The molecule has 0 N–H and O–H groups in total. The zero-order valence-corrected chi connectivity index (χ0v) is 27.7. The van der Waals surface area contributed by atoms with Gasteiger partial charge in [0.15, 0.2) is 0 Å². The van der Waals surface area contributed by atoms with E-state index in [1.807, 2.05) is 0 Å². The molecular weight excluding hydrogens is 607 g/mol. The van der Waals surface area contributed by atoms with E-state index < -0.39 is 5.41 Å². The molecule has 0 saturated carbocycles. The van der Waals surface area contributed by atoms with Crippen molar-refractivity contribution in [1.29, 1.82) is 0 Å². The van der Waals surface area contributed by atoms with Crippen molar-refractivity contribution < 1.29 is 0 Å². The number of benzene rings is 7. The summed E-state index contributed by atoms with van der Waals surface area (Å²) < 4.78 is 2.30. The number of fused-ring (bicyclic) bond motifs is 7. The van der Waals surface area contributed by atoms with Gasteiger partial charge >= 0.3 is 0 Å². The monoisotopic (exact) mass is 639 g/mol. The molecule has 0 bridgehead atoms. The first-order valence-electron chi connectivity index (χ1n) is 17.4. The van der Waals surface area contributed by atoms with Crippen LogP contribution in [0.4, 0.5) is 0 Å². The van der Waals surface area contributed by atoms with Crippen LogP contribution in [0, 0.1) is 0 Å². The molecule has 9 aromatic rings. The maximum absolute atomic E-state index is 5.40. The van der Waals surface area contributed by atoms with Gasteiger partial charge in [-0.2, -0.15) is 0 Å². The quantitative estimate of drug-likeness (QED) is 0.175. The molecule has 0 atom stereocenters. The Morgan fingerprint density at radius 1 is 0.480 bits per heavy atom. The molecule has 0 saturated heterocycles. The minimum atomic E-state index is -0.466. The summed E-state index contributed by atoms with van der Waals surface area (Å²) in [5.41, 5.74) is 13.5. The van der Waals surface area contributed by atoms with Crippen LogP contribution in [0.5, 0.6) is 0 Å². The number of pyridine rings is 1. The maximum atomic E-state index is 5.40. The van der Waals surface area contributed by atoms with Crippen LogP contribution in [-0.4, -0.2) is 14.5 Å². The lowest BCUT2D eigenvalue weighted by molar-refractivity contribution is 0.769. The Hall–Kier alpha value is -6.32. The Kier molecular flexibility index (Phi) is 6.37. The highest BCUT2D eigenvalue weighted by atomic mass is 15.1. The van der Waals surface area contributed by atoms with Crippen LogP contribution in [0.15, 0.2) is 170 Å². The van der Waals surface area contributed by atoms with E-state index in [4.69, 9.17) is 9.97 Å². The molecule has 3 heteroatoms. The normalized spacial score (nSPS) is 13.1. The summed E-state index contributed by atoms with van der Waals surface area (Å²) in [5.74, 6) is 0.978. The van der Waals surface area contributed by atoms with Gasteiger partial charge in [-0.15, -0.1) is 0 Å². The summed E-state index contributed by atoms with van der Waals surface area (Å²) in [6.45, 7) is 3.02. The second-order valence-electron chi connectivity index (χ2n) is 13.2. The minimum absolute atomic E-state index is 0.466. The highest BCUT2D eigenvalue weighted by Gasteiger charge is 2.46. The molecule has 1 aliphatic rings. The smallest absolute Gasteiger partial charge is 0.141 e. The average Bonchev–Trinajstić information content (AvgIpc) is 3.71. The van der Waals surface area contributed by atoms with Gasteiger partial charge < -0.3 is 4.57 Å². The van der Waals surface area contributed by atoms with Gasteiger partial charge in [-0.1, -0.05) is 133 Å². The molecule has 50 heavy (non-hydrogen) atoms. The van der Waals surface area contributed by atoms with Crippen molar-refractivity contribution in [2.45, 2.75) is 18.9 Å². The Balaban J connectivity index is 1.29. The standard InChI is InChI=1S/C47H33N3/c1-2-50-44-27-14-13-26-43(44)49-46(50)32-17-15-16-31(28-32)45-39-29-38-35-22-9-11-24-40(35)47(33-18-5-3-6-19-33,34-20-7-4-8-21-34)41(38)30-37(39)36-23-10-12-25-42(36)48-45/h3-30H,2H2,1H3. The van der Waals surface area contributed by atoms with Crippen LogP contribution in [0.1, 0.15) is 29.2 Å². The molecule has 0 spiro atoms. The van der Waals surface area contributed by atoms with Crippen molar-refractivity contribution in [1.82, 2.24) is 14.5 Å². The van der Waals surface area contributed by atoms with Gasteiger partial charge in [-0.05, 0) is 82.1 Å². The van der Waals surface area contributed by atoms with Gasteiger partial charge in [0.05, 0.1) is 27.7 Å². The van der Waals surface area contributed by atoms with E-state index in [2.05, 4.69) is 181 Å². The zero-order chi connectivity index (χ0) is 33.2. The molecule has 7 aromatic carbocycles. The molecule has 1 aliphatic carbocycles. The van der Waals surface area contributed by atoms with Crippen LogP contribution < -0.4 is 0 Å². The van der Waals surface area contributed by atoms with E-state index in [-0.39, 0.29) is 0 Å². The second-order valence-corrected chi connectivity index (χ2v) is 13.2. The molecule has 10 rings (SSSR count). The van der Waals surface area contributed by atoms with Gasteiger partial charge in [0, 0.05) is 28.4 Å². The molecule has 2 aromatic heterocycles. The number of hydrogen-bond acceptors (Lipinski definition) is 2. The first-order chi connectivity index (χ1) is 24.8. The van der Waals surface area contributed by atoms with E-state index >= 15 is 0 Å². The zero-order valence-electron chi connectivity index (χ0n) is 27.7. The number of aryl methyl sites for hydroxylation is 1. The molecule has 0 radical (unpaired) electrons. The lowest BCUT2D eigenvalue weighted by atomic mass is 9.67. The second kappa shape index (κ2) is 11.1. The number of aromatic nitrogens is 3. The van der Waals surface area contributed by atoms with Crippen molar-refractivity contribution in [3.63, 3.8) is 0 Å². The van der Waals surface area contributed by atoms with E-state index in [0.29, 0.717) is 0 Å². The molecule has 3 nitrogen and oxygen atoms in total. The molecule has 2 heterocycles. The number of para-hydroxylation sites is 3. The molecule has 236 valence electrons. The van der Waals surface area contributed by atoms with Gasteiger partial charge in [0.1, 0.15) is 5.82 Å². The third-order valence-electron chi connectivity index (χ3n) is 10.6. The molecule has 0 unspecified atom stereocenters. The molecular formula is C47H33N3. The van der Waals surface area contributed by atoms with E-state index in [0.717, 1.165) is 56.5 Å². The van der Waals surface area contributed by atoms with E-state index in [1.165, 1.54) is 38.8 Å². The molecule has 0 fully saturated rings. The van der Waals surface area contributed by atoms with Gasteiger partial charge in [-0.25, -0.2) is 9.97 Å². The lowest BCUT2D eigenvalue weighted by Gasteiger charge is -2.34. The third kappa shape index (κ3) is 4.04. The summed E-state index contributed by atoms with van der Waals surface area (Å²) in [5, 5.41) is 3.51. The van der Waals surface area contributed by atoms with Gasteiger partial charge in [-0.3, -0.25) is 0 Å². The highest BCUT2D eigenvalue weighted by molar-refractivity contribution is 6.13. The van der Waals surface area contributed by atoms with Crippen LogP contribution in [0.3, 0.4) is 0 Å². The Bertz CT molecular complexity index is 2700. The maximum Gasteiger partial charge on any atom is 0.141 e. The first kappa shape index (κ1) is 28.7. The van der Waals surface area contributed by atoms with Crippen LogP contribution >= 0.6 is 0 Å². The molecule has 0 amide bonds. The van der Waals surface area contributed by atoms with Gasteiger partial charge in [0.25, 0.3) is 0 Å². The van der Waals surface area contributed by atoms with Crippen LogP contribution in [0.2, 0.25) is 0 Å². The summed E-state index contributed by atoms with van der Waals surface area (Å²) >= 11 is 0. The number of rotatable bonds is 5. The van der Waals surface area contributed by atoms with Crippen molar-refractivity contribution in [2.75, 3.05) is 0 Å². The van der Waals surface area contributed by atoms with Crippen molar-refractivity contribution in [3.05, 3.63) is 192 Å². The first-order valence-corrected chi connectivity index (χ1v) is 17.4. The van der Waals surface area contributed by atoms with E-state index in [9.17, 15) is 0 Å². The topological polar surface area (TPSA) is 30.7 Å². The predicted octanol–water partition coefficient (Wildman–Crippen LogP) is 11.5. The van der Waals surface area contributed by atoms with Gasteiger partial charge in [0.2, 0.25) is 0 Å². The number of imidazole rings is 1. The lowest BCUT2D eigenvalue weighted by Crippen LogP contribution is -2.28. The Morgan fingerprint density at radius 3 is 1.92 bits per heavy atom. The minimum Gasteiger partial charge on any atom is -0.324 e. The predicted molar refractivity (Wildman–Crippen MR) is 206 cm³/mol. The van der Waals surface area contributed by atoms with E-state index in [1.54, 1.807) is 0 Å². The number of nitrogens with zero attached hydrogens (tertiary/aromatic N) is 3. The van der Waals surface area contributed by atoms with Crippen molar-refractivity contribution in [3.8, 4) is 33.8 Å². The highest BCUT2D eigenvalue weighted by Crippen LogP contribution is 2.57. The fraction of sp³-hybridized carbons (Fsp3) is 0.0638. The largest absolute Gasteiger partial charge is 0.324 e. The summed E-state index contributed by atoms with van der Waals surface area (Å²) in [6.07, 6.45) is 0. The third-order valence-corrected chi connectivity index (χ3v) is 10.6. The molecule has 0 aliphatic heterocycles. The Labute approximate surface area is 291 Å². The van der Waals surface area contributed by atoms with Crippen molar-refractivity contribution in [2.24, 2.45) is 0 Å². The SMILES string of the molecule is CCn1c(-c2cccc(-c3nc4ccccc4c4cc5c(cc34)-c3ccccc3C5(c3ccccc3)c3ccccc3)c2)nc2ccccc21. The Morgan fingerprint density at radius 2 is 1.14 bits per heavy atom.